The van der Waals surface area contributed by atoms with E-state index in [1.807, 2.05) is 0 Å². The number of aliphatic hydroxyl groups is 5. The number of thioether (sulfide) groups is 1. The van der Waals surface area contributed by atoms with Crippen LogP contribution in [0.4, 0.5) is 0 Å². The fourth-order valence-corrected chi connectivity index (χ4v) is 4.33. The molecule has 5 N–H and O–H groups in total. The molecule has 118 valence electrons. The van der Waals surface area contributed by atoms with Crippen LogP contribution in [0.15, 0.2) is 0 Å². The van der Waals surface area contributed by atoms with E-state index in [0.717, 1.165) is 25.7 Å². The molecule has 0 bridgehead atoms. The van der Waals surface area contributed by atoms with E-state index in [4.69, 9.17) is 9.84 Å². The molecule has 0 amide bonds. The topological polar surface area (TPSA) is 110 Å². The van der Waals surface area contributed by atoms with Crippen molar-refractivity contribution in [3.8, 4) is 0 Å². The average molecular weight is 308 g/mol. The normalized spacial score (nSPS) is 47.0. The van der Waals surface area contributed by atoms with Gasteiger partial charge in [-0.1, -0.05) is 12.8 Å². The van der Waals surface area contributed by atoms with Gasteiger partial charge in [-0.15, -0.1) is 11.8 Å². The van der Waals surface area contributed by atoms with Gasteiger partial charge >= 0.3 is 0 Å². The minimum absolute atomic E-state index is 0.147. The molecule has 2 aliphatic rings. The number of ether oxygens (including phenoxy) is 1. The molecule has 1 saturated heterocycles. The van der Waals surface area contributed by atoms with Crippen molar-refractivity contribution in [2.45, 2.75) is 73.3 Å². The fourth-order valence-electron chi connectivity index (χ4n) is 2.78. The van der Waals surface area contributed by atoms with Crippen molar-refractivity contribution < 1.29 is 30.3 Å². The van der Waals surface area contributed by atoms with Crippen molar-refractivity contribution in [2.75, 3.05) is 6.61 Å². The zero-order chi connectivity index (χ0) is 14.7. The van der Waals surface area contributed by atoms with Crippen LogP contribution < -0.4 is 0 Å². The van der Waals surface area contributed by atoms with E-state index in [9.17, 15) is 20.4 Å². The highest BCUT2D eigenvalue weighted by atomic mass is 32.2. The lowest BCUT2D eigenvalue weighted by Crippen LogP contribution is -2.57. The summed E-state index contributed by atoms with van der Waals surface area (Å²) in [6.45, 7) is -0.407. The Hall–Kier alpha value is 0.110. The van der Waals surface area contributed by atoms with Gasteiger partial charge in [0, 0.05) is 5.25 Å². The SMILES string of the molecule is OCC1O[C@@H](SC2CCCCC(O)C2)C(O)C(O)[C@H]1O. The van der Waals surface area contributed by atoms with Crippen LogP contribution in [0.5, 0.6) is 0 Å². The molecule has 2 fully saturated rings. The lowest BCUT2D eigenvalue weighted by atomic mass is 10.0. The molecule has 5 unspecified atom stereocenters. The largest absolute Gasteiger partial charge is 0.394 e. The van der Waals surface area contributed by atoms with Gasteiger partial charge in [0.05, 0.1) is 12.7 Å². The Bertz CT molecular complexity index is 303. The first-order valence-corrected chi connectivity index (χ1v) is 8.11. The average Bonchev–Trinajstić information content (AvgIpc) is 2.63. The molecule has 7 atom stereocenters. The van der Waals surface area contributed by atoms with Crippen LogP contribution in [-0.4, -0.2) is 73.3 Å². The summed E-state index contributed by atoms with van der Waals surface area (Å²) in [5, 5.41) is 48.6. The third-order valence-corrected chi connectivity index (χ3v) is 5.49. The highest BCUT2D eigenvalue weighted by Crippen LogP contribution is 2.36. The zero-order valence-electron chi connectivity index (χ0n) is 11.3. The second-order valence-electron chi connectivity index (χ2n) is 5.63. The second kappa shape index (κ2) is 7.40. The van der Waals surface area contributed by atoms with Crippen LogP contribution in [0.1, 0.15) is 32.1 Å². The molecule has 0 radical (unpaired) electrons. The summed E-state index contributed by atoms with van der Waals surface area (Å²) in [5.74, 6) is 0. The van der Waals surface area contributed by atoms with Gasteiger partial charge in [-0.05, 0) is 19.3 Å². The summed E-state index contributed by atoms with van der Waals surface area (Å²) >= 11 is 1.38. The second-order valence-corrected chi connectivity index (χ2v) is 7.03. The van der Waals surface area contributed by atoms with Crippen LogP contribution in [-0.2, 0) is 4.74 Å². The summed E-state index contributed by atoms with van der Waals surface area (Å²) in [6.07, 6.45) is -0.651. The van der Waals surface area contributed by atoms with Crippen LogP contribution >= 0.6 is 11.8 Å². The summed E-state index contributed by atoms with van der Waals surface area (Å²) in [7, 11) is 0. The third kappa shape index (κ3) is 3.85. The Morgan fingerprint density at radius 2 is 1.65 bits per heavy atom. The first-order valence-electron chi connectivity index (χ1n) is 7.17. The quantitative estimate of drug-likeness (QED) is 0.435. The first kappa shape index (κ1) is 16.5. The van der Waals surface area contributed by atoms with Crippen molar-refractivity contribution in [3.05, 3.63) is 0 Å². The summed E-state index contributed by atoms with van der Waals surface area (Å²) in [6, 6.07) is 0. The van der Waals surface area contributed by atoms with Gasteiger partial charge in [0.1, 0.15) is 29.9 Å². The van der Waals surface area contributed by atoms with E-state index in [1.165, 1.54) is 11.8 Å². The summed E-state index contributed by atoms with van der Waals surface area (Å²) in [4.78, 5) is 0. The van der Waals surface area contributed by atoms with E-state index in [-0.39, 0.29) is 11.4 Å². The highest BCUT2D eigenvalue weighted by Gasteiger charge is 2.44. The summed E-state index contributed by atoms with van der Waals surface area (Å²) in [5.41, 5.74) is -0.694. The smallest absolute Gasteiger partial charge is 0.132 e. The van der Waals surface area contributed by atoms with E-state index in [1.54, 1.807) is 0 Å². The first-order chi connectivity index (χ1) is 9.52. The van der Waals surface area contributed by atoms with Gasteiger partial charge in [-0.25, -0.2) is 0 Å². The van der Waals surface area contributed by atoms with E-state index in [0.29, 0.717) is 6.42 Å². The van der Waals surface area contributed by atoms with Gasteiger partial charge < -0.3 is 30.3 Å². The molecule has 1 saturated carbocycles. The predicted octanol–water partition coefficient (Wildman–Crippen LogP) is -0.787. The van der Waals surface area contributed by atoms with Gasteiger partial charge in [0.15, 0.2) is 0 Å². The third-order valence-electron chi connectivity index (χ3n) is 4.02. The lowest BCUT2D eigenvalue weighted by molar-refractivity contribution is -0.205. The molecule has 1 aliphatic carbocycles. The highest BCUT2D eigenvalue weighted by molar-refractivity contribution is 8.00. The Morgan fingerprint density at radius 3 is 2.35 bits per heavy atom. The van der Waals surface area contributed by atoms with Crippen LogP contribution in [0.3, 0.4) is 0 Å². The van der Waals surface area contributed by atoms with E-state index < -0.39 is 36.5 Å². The Kier molecular flexibility index (Phi) is 6.09. The van der Waals surface area contributed by atoms with Gasteiger partial charge in [-0.3, -0.25) is 0 Å². The molecular weight excluding hydrogens is 284 g/mol. The lowest BCUT2D eigenvalue weighted by Gasteiger charge is -2.40. The molecule has 7 heteroatoms. The van der Waals surface area contributed by atoms with Crippen molar-refractivity contribution in [2.24, 2.45) is 0 Å². The summed E-state index contributed by atoms with van der Waals surface area (Å²) < 4.78 is 5.48. The number of hydrogen-bond acceptors (Lipinski definition) is 7. The zero-order valence-corrected chi connectivity index (χ0v) is 12.2. The number of aliphatic hydroxyl groups excluding tert-OH is 5. The van der Waals surface area contributed by atoms with Crippen molar-refractivity contribution in [1.29, 1.82) is 0 Å². The number of rotatable bonds is 3. The Labute approximate surface area is 122 Å². The molecule has 0 aromatic heterocycles. The molecule has 20 heavy (non-hydrogen) atoms. The predicted molar refractivity (Wildman–Crippen MR) is 74.2 cm³/mol. The monoisotopic (exact) mass is 308 g/mol. The van der Waals surface area contributed by atoms with Crippen molar-refractivity contribution in [1.82, 2.24) is 0 Å². The van der Waals surface area contributed by atoms with Gasteiger partial charge in [-0.2, -0.15) is 0 Å². The molecule has 2 rings (SSSR count). The minimum Gasteiger partial charge on any atom is -0.394 e. The van der Waals surface area contributed by atoms with Crippen LogP contribution in [0.2, 0.25) is 0 Å². The Morgan fingerprint density at radius 1 is 0.950 bits per heavy atom. The van der Waals surface area contributed by atoms with Crippen molar-refractivity contribution in [3.63, 3.8) is 0 Å². The fraction of sp³-hybridized carbons (Fsp3) is 1.00. The van der Waals surface area contributed by atoms with Gasteiger partial charge in [0.25, 0.3) is 0 Å². The molecule has 0 aromatic carbocycles. The molecule has 6 nitrogen and oxygen atoms in total. The van der Waals surface area contributed by atoms with Crippen LogP contribution in [0, 0.1) is 0 Å². The molecule has 1 heterocycles. The van der Waals surface area contributed by atoms with E-state index in [2.05, 4.69) is 0 Å². The van der Waals surface area contributed by atoms with Gasteiger partial charge in [0.2, 0.25) is 0 Å². The minimum atomic E-state index is -1.32. The molecule has 1 aliphatic heterocycles. The maximum atomic E-state index is 9.99. The number of hydrogen-bond donors (Lipinski definition) is 5. The molecular formula is C13H24O6S. The van der Waals surface area contributed by atoms with Crippen LogP contribution in [0.25, 0.3) is 0 Å². The molecule has 0 aromatic rings. The van der Waals surface area contributed by atoms with E-state index >= 15 is 0 Å². The maximum Gasteiger partial charge on any atom is 0.132 e. The standard InChI is InChI=1S/C13H24O6S/c14-6-9-10(16)11(17)12(18)13(19-9)20-8-4-2-1-3-7(15)5-8/h7-18H,1-6H2/t7?,8?,9?,10-,11?,12?,13-/m0/s1. The maximum absolute atomic E-state index is 9.99. The molecule has 0 spiro atoms. The van der Waals surface area contributed by atoms with Crippen molar-refractivity contribution >= 4 is 11.8 Å². The Balaban J connectivity index is 1.96.